The van der Waals surface area contributed by atoms with Gasteiger partial charge in [0.1, 0.15) is 18.7 Å². The summed E-state index contributed by atoms with van der Waals surface area (Å²) < 4.78 is 49.3. The maximum absolute atomic E-state index is 13.0. The van der Waals surface area contributed by atoms with Gasteiger partial charge in [-0.2, -0.15) is 28.1 Å². The van der Waals surface area contributed by atoms with Crippen LogP contribution in [0.25, 0.3) is 0 Å². The first-order valence-electron chi connectivity index (χ1n) is 14.8. The molecule has 1 aliphatic carbocycles. The number of alkyl halides is 3. The molecule has 0 radical (unpaired) electrons. The third-order valence-electron chi connectivity index (χ3n) is 7.23. The Balaban J connectivity index is 1.25. The maximum atomic E-state index is 13.0. The Morgan fingerprint density at radius 1 is 0.960 bits per heavy atom. The average Bonchev–Trinajstić information content (AvgIpc) is 3.68. The largest absolute Gasteiger partial charge is 0.467 e. The highest BCUT2D eigenvalue weighted by atomic mass is 35.5. The van der Waals surface area contributed by atoms with Crippen molar-refractivity contribution in [3.63, 3.8) is 0 Å². The maximum Gasteiger partial charge on any atom is 0.422 e. The van der Waals surface area contributed by atoms with Gasteiger partial charge in [-0.15, -0.1) is 10.2 Å². The lowest BCUT2D eigenvalue weighted by Gasteiger charge is -2.19. The van der Waals surface area contributed by atoms with Gasteiger partial charge < -0.3 is 25.4 Å². The third-order valence-corrected chi connectivity index (χ3v) is 7.49. The number of benzene rings is 2. The van der Waals surface area contributed by atoms with E-state index in [0.717, 1.165) is 17.3 Å². The minimum Gasteiger partial charge on any atom is -0.467 e. The summed E-state index contributed by atoms with van der Waals surface area (Å²) in [6, 6.07) is 11.0. The first-order chi connectivity index (χ1) is 23.8. The van der Waals surface area contributed by atoms with E-state index >= 15 is 0 Å². The Labute approximate surface area is 286 Å². The van der Waals surface area contributed by atoms with E-state index in [0.29, 0.717) is 23.6 Å². The number of Topliss-reactive ketones (excluding diaryl/α,β-unsaturated/α-hetero) is 1. The van der Waals surface area contributed by atoms with Gasteiger partial charge >= 0.3 is 24.1 Å². The molecule has 2 amide bonds. The van der Waals surface area contributed by atoms with E-state index in [2.05, 4.69) is 46.5 Å². The summed E-state index contributed by atoms with van der Waals surface area (Å²) in [5.41, 5.74) is 3.02. The number of nitrogens with zero attached hydrogens (tertiary/aromatic N) is 6. The van der Waals surface area contributed by atoms with Gasteiger partial charge in [-0.1, -0.05) is 23.7 Å². The van der Waals surface area contributed by atoms with Crippen molar-refractivity contribution in [3.8, 4) is 6.01 Å². The van der Waals surface area contributed by atoms with Gasteiger partial charge in [0.05, 0.1) is 12.6 Å². The summed E-state index contributed by atoms with van der Waals surface area (Å²) in [7, 11) is 1.10. The van der Waals surface area contributed by atoms with Crippen molar-refractivity contribution in [2.45, 2.75) is 43.4 Å². The number of hydrogen-bond donors (Lipinski definition) is 4. The molecule has 0 aliphatic heterocycles. The molecule has 16 nitrogen and oxygen atoms in total. The third kappa shape index (κ3) is 9.62. The highest BCUT2D eigenvalue weighted by Crippen LogP contribution is 2.48. The number of anilines is 3. The van der Waals surface area contributed by atoms with Crippen LogP contribution in [-0.4, -0.2) is 79.3 Å². The van der Waals surface area contributed by atoms with E-state index in [1.54, 1.807) is 12.1 Å². The van der Waals surface area contributed by atoms with Gasteiger partial charge in [0.2, 0.25) is 17.7 Å². The fourth-order valence-electron chi connectivity index (χ4n) is 4.57. The second-order valence-electron chi connectivity index (χ2n) is 10.9. The Bertz CT molecular complexity index is 1840. The molecule has 2 aromatic carbocycles. The molecule has 1 fully saturated rings. The Morgan fingerprint density at radius 2 is 1.62 bits per heavy atom. The highest BCUT2D eigenvalue weighted by Gasteiger charge is 2.45. The molecule has 2 heterocycles. The Hall–Kier alpha value is -5.85. The molecule has 1 aliphatic rings. The monoisotopic (exact) mass is 716 g/mol. The van der Waals surface area contributed by atoms with Crippen LogP contribution < -0.4 is 26.1 Å². The van der Waals surface area contributed by atoms with Crippen LogP contribution in [-0.2, 0) is 24.7 Å². The van der Waals surface area contributed by atoms with Crippen LogP contribution in [0, 0.1) is 0 Å². The van der Waals surface area contributed by atoms with Crippen molar-refractivity contribution in [1.82, 2.24) is 35.1 Å². The van der Waals surface area contributed by atoms with Crippen molar-refractivity contribution >= 4 is 52.8 Å². The number of esters is 1. The van der Waals surface area contributed by atoms with Crippen molar-refractivity contribution in [1.29, 1.82) is 0 Å². The summed E-state index contributed by atoms with van der Waals surface area (Å²) in [5.74, 6) is -3.55. The fraction of sp³-hybridized carbons (Fsp3) is 0.300. The SMILES string of the molecule is COC(=O)[C@H](CCC(=O)C(=O)Nn1cnnc1)NC(=O)c1ccc(Nc2nc(NC3(c4ccc(Cl)cc4)CC3)nc(OCC(F)(F)F)n2)cc1. The zero-order valence-corrected chi connectivity index (χ0v) is 26.8. The molecule has 20 heteroatoms. The van der Waals surface area contributed by atoms with Gasteiger partial charge in [0.25, 0.3) is 5.91 Å². The number of aromatic nitrogens is 6. The number of carbonyl (C=O) groups is 4. The molecule has 0 saturated heterocycles. The first kappa shape index (κ1) is 35.5. The van der Waals surface area contributed by atoms with Crippen LogP contribution in [0.1, 0.15) is 41.6 Å². The van der Waals surface area contributed by atoms with Gasteiger partial charge in [0, 0.05) is 22.7 Å². The summed E-state index contributed by atoms with van der Waals surface area (Å²) in [6.45, 7) is -1.63. The lowest BCUT2D eigenvalue weighted by molar-refractivity contribution is -0.154. The number of rotatable bonds is 15. The molecular formula is C30H28ClF3N10O6. The van der Waals surface area contributed by atoms with Crippen LogP contribution in [0.15, 0.2) is 61.2 Å². The van der Waals surface area contributed by atoms with Gasteiger partial charge in [-0.05, 0) is 61.2 Å². The van der Waals surface area contributed by atoms with Crippen LogP contribution >= 0.6 is 11.6 Å². The molecule has 1 saturated carbocycles. The van der Waals surface area contributed by atoms with E-state index < -0.39 is 60.4 Å². The number of ether oxygens (including phenoxy) is 2. The summed E-state index contributed by atoms with van der Waals surface area (Å²) >= 11 is 6.01. The molecule has 0 spiro atoms. The molecule has 0 bridgehead atoms. The van der Waals surface area contributed by atoms with E-state index in [9.17, 15) is 32.3 Å². The van der Waals surface area contributed by atoms with Crippen LogP contribution in [0.2, 0.25) is 5.02 Å². The first-order valence-corrected chi connectivity index (χ1v) is 15.1. The molecule has 0 unspecified atom stereocenters. The molecule has 4 aromatic rings. The van der Waals surface area contributed by atoms with Crippen LogP contribution in [0.5, 0.6) is 6.01 Å². The molecule has 4 N–H and O–H groups in total. The van der Waals surface area contributed by atoms with E-state index in [1.807, 2.05) is 12.1 Å². The minimum atomic E-state index is -4.64. The van der Waals surface area contributed by atoms with Crippen LogP contribution in [0.4, 0.5) is 30.8 Å². The van der Waals surface area contributed by atoms with Gasteiger partial charge in [0.15, 0.2) is 6.61 Å². The number of carbonyl (C=O) groups excluding carboxylic acids is 4. The van der Waals surface area contributed by atoms with Crippen molar-refractivity contribution in [2.75, 3.05) is 29.8 Å². The molecule has 5 rings (SSSR count). The number of ketones is 1. The number of amides is 2. The van der Waals surface area contributed by atoms with Crippen LogP contribution in [0.3, 0.4) is 0 Å². The number of halogens is 4. The fourth-order valence-corrected chi connectivity index (χ4v) is 4.69. The predicted octanol–water partition coefficient (Wildman–Crippen LogP) is 3.29. The second kappa shape index (κ2) is 15.1. The highest BCUT2D eigenvalue weighted by molar-refractivity contribution is 6.39. The molecule has 50 heavy (non-hydrogen) atoms. The quantitative estimate of drug-likeness (QED) is 0.103. The van der Waals surface area contributed by atoms with E-state index in [4.69, 9.17) is 21.1 Å². The normalized spacial score (nSPS) is 13.8. The average molecular weight is 717 g/mol. The van der Waals surface area contributed by atoms with Gasteiger partial charge in [-0.3, -0.25) is 19.8 Å². The van der Waals surface area contributed by atoms with Crippen molar-refractivity contribution < 1.29 is 41.8 Å². The molecular weight excluding hydrogens is 689 g/mol. The number of nitrogens with one attached hydrogen (secondary N) is 4. The summed E-state index contributed by atoms with van der Waals surface area (Å²) in [4.78, 5) is 62.0. The zero-order valence-electron chi connectivity index (χ0n) is 26.0. The second-order valence-corrected chi connectivity index (χ2v) is 11.3. The molecule has 2 aromatic heterocycles. The number of methoxy groups -OCH3 is 1. The van der Waals surface area contributed by atoms with Crippen molar-refractivity contribution in [2.24, 2.45) is 0 Å². The van der Waals surface area contributed by atoms with E-state index in [-0.39, 0.29) is 23.9 Å². The lowest BCUT2D eigenvalue weighted by Crippen LogP contribution is -2.42. The Morgan fingerprint density at radius 3 is 2.24 bits per heavy atom. The minimum absolute atomic E-state index is 0.0355. The zero-order chi connectivity index (χ0) is 35.9. The van der Waals surface area contributed by atoms with Gasteiger partial charge in [-0.25, -0.2) is 9.47 Å². The summed E-state index contributed by atoms with van der Waals surface area (Å²) in [5, 5.41) is 16.0. The molecule has 1 atom stereocenters. The summed E-state index contributed by atoms with van der Waals surface area (Å²) in [6.07, 6.45) is -1.52. The molecule has 262 valence electrons. The lowest BCUT2D eigenvalue weighted by atomic mass is 10.1. The van der Waals surface area contributed by atoms with Crippen molar-refractivity contribution in [3.05, 3.63) is 77.3 Å². The standard InChI is InChI=1S/C30H28ClF3N10O6/c1-49-25(48)21(10-11-22(45)24(47)43-44-15-35-36-16-44)38-23(46)17-2-8-20(9-3-17)37-26-39-27(41-28(40-26)50-14-30(32,33)34)42-29(12-13-29)18-4-6-19(31)7-5-18/h2-9,15-16,21H,10-14H2,1H3,(H,38,46)(H,43,47)(H2,37,39,40,41,42)/t21-/m0/s1. The Kier molecular flexibility index (Phi) is 10.7. The topological polar surface area (TPSA) is 204 Å². The predicted molar refractivity (Wildman–Crippen MR) is 169 cm³/mol. The van der Waals surface area contributed by atoms with E-state index in [1.165, 1.54) is 36.9 Å². The smallest absolute Gasteiger partial charge is 0.422 e. The number of hydrogen-bond acceptors (Lipinski definition) is 13.